The van der Waals surface area contributed by atoms with E-state index in [2.05, 4.69) is 37.6 Å². The van der Waals surface area contributed by atoms with E-state index in [0.29, 0.717) is 12.1 Å². The molecular weight excluding hydrogens is 214 g/mol. The number of hydrogen-bond donors (Lipinski definition) is 1. The topological polar surface area (TPSA) is 50.9 Å². The molecule has 2 atom stereocenters. The van der Waals surface area contributed by atoms with Crippen LogP contribution in [0.25, 0.3) is 0 Å². The summed E-state index contributed by atoms with van der Waals surface area (Å²) >= 11 is 0. The highest BCUT2D eigenvalue weighted by atomic mass is 16.5. The van der Waals surface area contributed by atoms with Crippen molar-refractivity contribution in [2.24, 2.45) is 16.1 Å². The van der Waals surface area contributed by atoms with Crippen LogP contribution in [0.2, 0.25) is 0 Å². The van der Waals surface area contributed by atoms with E-state index in [-0.39, 0.29) is 11.5 Å². The minimum atomic E-state index is 0.111. The first-order valence-corrected chi connectivity index (χ1v) is 6.65. The SMILES string of the molecule is CC(C)OC1CC(N=C(N)N2CCC2)C1(C)C. The summed E-state index contributed by atoms with van der Waals surface area (Å²) in [5, 5.41) is 0. The van der Waals surface area contributed by atoms with Crippen molar-refractivity contribution in [3.05, 3.63) is 0 Å². The molecule has 0 aromatic carbocycles. The highest BCUT2D eigenvalue weighted by Gasteiger charge is 2.49. The molecule has 4 nitrogen and oxygen atoms in total. The lowest BCUT2D eigenvalue weighted by Gasteiger charge is -2.50. The Morgan fingerprint density at radius 1 is 1.41 bits per heavy atom. The predicted octanol–water partition coefficient (Wildman–Crippen LogP) is 1.60. The second kappa shape index (κ2) is 4.48. The van der Waals surface area contributed by atoms with Crippen molar-refractivity contribution in [2.75, 3.05) is 13.1 Å². The average Bonchev–Trinajstić information content (AvgIpc) is 2.12. The third kappa shape index (κ3) is 2.41. The van der Waals surface area contributed by atoms with Crippen LogP contribution >= 0.6 is 0 Å². The van der Waals surface area contributed by atoms with Crippen LogP contribution in [-0.4, -0.2) is 42.2 Å². The molecule has 0 spiro atoms. The normalized spacial score (nSPS) is 32.3. The smallest absolute Gasteiger partial charge is 0.191 e. The molecule has 2 fully saturated rings. The van der Waals surface area contributed by atoms with Gasteiger partial charge in [-0.25, -0.2) is 4.99 Å². The van der Waals surface area contributed by atoms with Crippen LogP contribution in [-0.2, 0) is 4.74 Å². The van der Waals surface area contributed by atoms with E-state index in [0.717, 1.165) is 25.5 Å². The maximum absolute atomic E-state index is 5.99. The Kier molecular flexibility index (Phi) is 3.34. The van der Waals surface area contributed by atoms with E-state index in [4.69, 9.17) is 10.5 Å². The number of hydrogen-bond acceptors (Lipinski definition) is 2. The molecule has 1 saturated heterocycles. The second-order valence-corrected chi connectivity index (χ2v) is 6.07. The molecule has 98 valence electrons. The van der Waals surface area contributed by atoms with Gasteiger partial charge in [0.1, 0.15) is 0 Å². The fraction of sp³-hybridized carbons (Fsp3) is 0.923. The second-order valence-electron chi connectivity index (χ2n) is 6.07. The first kappa shape index (κ1) is 12.7. The van der Waals surface area contributed by atoms with Crippen LogP contribution in [0.1, 0.15) is 40.5 Å². The zero-order valence-electron chi connectivity index (χ0n) is 11.4. The number of ether oxygens (including phenoxy) is 1. The summed E-state index contributed by atoms with van der Waals surface area (Å²) in [6, 6.07) is 0.312. The highest BCUT2D eigenvalue weighted by Crippen LogP contribution is 2.45. The van der Waals surface area contributed by atoms with Gasteiger partial charge in [0.05, 0.1) is 18.2 Å². The van der Waals surface area contributed by atoms with E-state index < -0.39 is 0 Å². The lowest BCUT2D eigenvalue weighted by molar-refractivity contribution is -0.129. The van der Waals surface area contributed by atoms with Gasteiger partial charge in [-0.2, -0.15) is 0 Å². The number of rotatable bonds is 3. The molecule has 1 saturated carbocycles. The van der Waals surface area contributed by atoms with E-state index in [1.807, 2.05) is 0 Å². The van der Waals surface area contributed by atoms with Crippen molar-refractivity contribution < 1.29 is 4.74 Å². The summed E-state index contributed by atoms with van der Waals surface area (Å²) in [4.78, 5) is 6.80. The zero-order chi connectivity index (χ0) is 12.6. The molecule has 1 aliphatic heterocycles. The lowest BCUT2D eigenvalue weighted by Crippen LogP contribution is -2.56. The molecule has 0 bridgehead atoms. The Labute approximate surface area is 104 Å². The molecule has 4 heteroatoms. The molecular formula is C13H25N3O. The molecule has 0 aromatic heterocycles. The van der Waals surface area contributed by atoms with E-state index in [9.17, 15) is 0 Å². The summed E-state index contributed by atoms with van der Waals surface area (Å²) in [6.45, 7) is 10.7. The predicted molar refractivity (Wildman–Crippen MR) is 70.0 cm³/mol. The van der Waals surface area contributed by atoms with E-state index >= 15 is 0 Å². The Balaban J connectivity index is 1.92. The Hall–Kier alpha value is -0.770. The molecule has 17 heavy (non-hydrogen) atoms. The Morgan fingerprint density at radius 2 is 2.06 bits per heavy atom. The van der Waals surface area contributed by atoms with E-state index in [1.54, 1.807) is 0 Å². The largest absolute Gasteiger partial charge is 0.375 e. The fourth-order valence-electron chi connectivity index (χ4n) is 2.43. The third-order valence-electron chi connectivity index (χ3n) is 4.03. The third-order valence-corrected chi connectivity index (χ3v) is 4.03. The number of aliphatic imine (C=N–C) groups is 1. The summed E-state index contributed by atoms with van der Waals surface area (Å²) in [7, 11) is 0. The Bertz CT molecular complexity index is 308. The van der Waals surface area contributed by atoms with Gasteiger partial charge in [-0.3, -0.25) is 0 Å². The summed E-state index contributed by atoms with van der Waals surface area (Å²) in [6.07, 6.45) is 2.85. The van der Waals surface area contributed by atoms with Gasteiger partial charge in [-0.1, -0.05) is 13.8 Å². The molecule has 0 aromatic rings. The molecule has 2 N–H and O–H groups in total. The lowest BCUT2D eigenvalue weighted by atomic mass is 9.64. The number of guanidine groups is 1. The van der Waals surface area contributed by atoms with Crippen LogP contribution in [0.3, 0.4) is 0 Å². The minimum Gasteiger partial charge on any atom is -0.375 e. The van der Waals surface area contributed by atoms with Gasteiger partial charge >= 0.3 is 0 Å². The zero-order valence-corrected chi connectivity index (χ0v) is 11.4. The molecule has 0 radical (unpaired) electrons. The average molecular weight is 239 g/mol. The van der Waals surface area contributed by atoms with Crippen molar-refractivity contribution in [2.45, 2.75) is 58.8 Å². The first-order chi connectivity index (χ1) is 7.91. The molecule has 0 amide bonds. The van der Waals surface area contributed by atoms with Gasteiger partial charge in [0.2, 0.25) is 0 Å². The molecule has 1 heterocycles. The standard InChI is InChI=1S/C13H25N3O/c1-9(2)17-11-8-10(13(11,3)4)15-12(14)16-6-5-7-16/h9-11H,5-8H2,1-4H3,(H2,14,15). The number of nitrogens with two attached hydrogens (primary N) is 1. The monoisotopic (exact) mass is 239 g/mol. The van der Waals surface area contributed by atoms with Crippen molar-refractivity contribution in [1.82, 2.24) is 4.90 Å². The van der Waals surface area contributed by atoms with Gasteiger partial charge in [-0.15, -0.1) is 0 Å². The van der Waals surface area contributed by atoms with E-state index in [1.165, 1.54) is 6.42 Å². The van der Waals surface area contributed by atoms with Crippen molar-refractivity contribution in [3.8, 4) is 0 Å². The number of nitrogens with zero attached hydrogens (tertiary/aromatic N) is 2. The maximum Gasteiger partial charge on any atom is 0.191 e. The van der Waals surface area contributed by atoms with Crippen molar-refractivity contribution >= 4 is 5.96 Å². The Morgan fingerprint density at radius 3 is 2.47 bits per heavy atom. The minimum absolute atomic E-state index is 0.111. The van der Waals surface area contributed by atoms with Gasteiger partial charge in [0, 0.05) is 18.5 Å². The van der Waals surface area contributed by atoms with Gasteiger partial charge in [-0.05, 0) is 26.7 Å². The molecule has 2 rings (SSSR count). The molecule has 1 aliphatic carbocycles. The molecule has 2 unspecified atom stereocenters. The van der Waals surface area contributed by atoms with Crippen LogP contribution in [0.4, 0.5) is 0 Å². The van der Waals surface area contributed by atoms with Gasteiger partial charge < -0.3 is 15.4 Å². The highest BCUT2D eigenvalue weighted by molar-refractivity contribution is 5.79. The van der Waals surface area contributed by atoms with Crippen molar-refractivity contribution in [1.29, 1.82) is 0 Å². The van der Waals surface area contributed by atoms with Crippen LogP contribution < -0.4 is 5.73 Å². The van der Waals surface area contributed by atoms with Gasteiger partial charge in [0.15, 0.2) is 5.96 Å². The first-order valence-electron chi connectivity index (χ1n) is 6.65. The van der Waals surface area contributed by atoms with Gasteiger partial charge in [0.25, 0.3) is 0 Å². The quantitative estimate of drug-likeness (QED) is 0.601. The van der Waals surface area contributed by atoms with Crippen LogP contribution in [0, 0.1) is 5.41 Å². The summed E-state index contributed by atoms with van der Waals surface area (Å²) in [5.41, 5.74) is 6.10. The summed E-state index contributed by atoms with van der Waals surface area (Å²) < 4.78 is 5.89. The maximum atomic E-state index is 5.99. The fourth-order valence-corrected chi connectivity index (χ4v) is 2.43. The number of likely N-dealkylation sites (tertiary alicyclic amines) is 1. The molecule has 2 aliphatic rings. The van der Waals surface area contributed by atoms with Crippen LogP contribution in [0.15, 0.2) is 4.99 Å². The van der Waals surface area contributed by atoms with Crippen LogP contribution in [0.5, 0.6) is 0 Å². The summed E-state index contributed by atoms with van der Waals surface area (Å²) in [5.74, 6) is 0.720. The van der Waals surface area contributed by atoms with Crippen molar-refractivity contribution in [3.63, 3.8) is 0 Å².